The molecule has 0 atom stereocenters. The Bertz CT molecular complexity index is 827. The lowest BCUT2D eigenvalue weighted by Crippen LogP contribution is -2.34. The maximum absolute atomic E-state index is 12.6. The third-order valence-corrected chi connectivity index (χ3v) is 5.43. The zero-order chi connectivity index (χ0) is 18.7. The van der Waals surface area contributed by atoms with Gasteiger partial charge in [-0.15, -0.1) is 11.3 Å². The zero-order valence-electron chi connectivity index (χ0n) is 14.2. The molecule has 1 saturated heterocycles. The van der Waals surface area contributed by atoms with Gasteiger partial charge < -0.3 is 9.80 Å². The first kappa shape index (κ1) is 19.1. The third kappa shape index (κ3) is 4.54. The number of carbonyl (C=O) groups excluding carboxylic acids is 2. The second kappa shape index (κ2) is 8.35. The molecule has 2 aromatic rings. The number of halogens is 2. The third-order valence-electron chi connectivity index (χ3n) is 4.13. The first-order chi connectivity index (χ1) is 12.4. The lowest BCUT2D eigenvalue weighted by Gasteiger charge is -2.19. The highest BCUT2D eigenvalue weighted by Gasteiger charge is 2.22. The van der Waals surface area contributed by atoms with E-state index in [0.717, 1.165) is 19.5 Å². The number of hydrogen-bond acceptors (Lipinski definition) is 5. The smallest absolute Gasteiger partial charge is 0.273 e. The lowest BCUT2D eigenvalue weighted by molar-refractivity contribution is 0.0757. The minimum absolute atomic E-state index is 0.110. The van der Waals surface area contributed by atoms with Gasteiger partial charge in [0, 0.05) is 30.0 Å². The van der Waals surface area contributed by atoms with Crippen molar-refractivity contribution in [3.05, 3.63) is 44.9 Å². The summed E-state index contributed by atoms with van der Waals surface area (Å²) in [6, 6.07) is 4.65. The van der Waals surface area contributed by atoms with Gasteiger partial charge in [-0.1, -0.05) is 23.2 Å². The number of amides is 2. The second-order valence-electron chi connectivity index (χ2n) is 6.07. The second-order valence-corrected chi connectivity index (χ2v) is 7.77. The van der Waals surface area contributed by atoms with Gasteiger partial charge in [-0.2, -0.15) is 0 Å². The molecule has 3 rings (SSSR count). The fraction of sp³-hybridized carbons (Fsp3) is 0.353. The average molecular weight is 413 g/mol. The highest BCUT2D eigenvalue weighted by molar-refractivity contribution is 7.14. The Morgan fingerprint density at radius 3 is 2.77 bits per heavy atom. The van der Waals surface area contributed by atoms with E-state index in [-0.39, 0.29) is 10.9 Å². The molecular formula is C17H18Cl2N4O2S. The minimum Gasteiger partial charge on any atom is -0.336 e. The molecule has 6 nitrogen and oxygen atoms in total. The predicted octanol–water partition coefficient (Wildman–Crippen LogP) is 3.48. The molecule has 0 unspecified atom stereocenters. The maximum Gasteiger partial charge on any atom is 0.273 e. The molecule has 9 heteroatoms. The Labute approximate surface area is 165 Å². The first-order valence-corrected chi connectivity index (χ1v) is 9.77. The molecule has 138 valence electrons. The van der Waals surface area contributed by atoms with Crippen molar-refractivity contribution in [2.75, 3.05) is 38.5 Å². The number of benzene rings is 1. The van der Waals surface area contributed by atoms with Crippen LogP contribution in [-0.4, -0.2) is 59.8 Å². The molecule has 1 fully saturated rings. The van der Waals surface area contributed by atoms with E-state index in [4.69, 9.17) is 23.2 Å². The van der Waals surface area contributed by atoms with Gasteiger partial charge in [-0.3, -0.25) is 14.9 Å². The molecular weight excluding hydrogens is 395 g/mol. The van der Waals surface area contributed by atoms with Crippen LogP contribution in [0.4, 0.5) is 5.13 Å². The Kier molecular flexibility index (Phi) is 6.13. The van der Waals surface area contributed by atoms with Crippen molar-refractivity contribution < 1.29 is 9.59 Å². The molecule has 0 aliphatic carbocycles. The highest BCUT2D eigenvalue weighted by atomic mass is 35.5. The van der Waals surface area contributed by atoms with Gasteiger partial charge in [0.1, 0.15) is 5.69 Å². The van der Waals surface area contributed by atoms with Gasteiger partial charge in [-0.05, 0) is 38.2 Å². The van der Waals surface area contributed by atoms with E-state index in [2.05, 4.69) is 15.2 Å². The molecule has 1 N–H and O–H groups in total. The Balaban J connectivity index is 1.67. The van der Waals surface area contributed by atoms with Crippen LogP contribution in [0.3, 0.4) is 0 Å². The van der Waals surface area contributed by atoms with Crippen LogP contribution in [0, 0.1) is 0 Å². The molecule has 1 aromatic carbocycles. The molecule has 1 aliphatic heterocycles. The topological polar surface area (TPSA) is 65.5 Å². The molecule has 1 aliphatic rings. The predicted molar refractivity (Wildman–Crippen MR) is 105 cm³/mol. The van der Waals surface area contributed by atoms with E-state index in [9.17, 15) is 9.59 Å². The molecule has 2 amide bonds. The Morgan fingerprint density at radius 1 is 1.19 bits per heavy atom. The molecule has 0 radical (unpaired) electrons. The number of thiazole rings is 1. The van der Waals surface area contributed by atoms with Crippen molar-refractivity contribution >= 4 is 51.5 Å². The number of anilines is 1. The number of hydrogen-bond donors (Lipinski definition) is 1. The van der Waals surface area contributed by atoms with Crippen molar-refractivity contribution in [3.8, 4) is 0 Å². The van der Waals surface area contributed by atoms with Crippen LogP contribution in [0.2, 0.25) is 10.0 Å². The quantitative estimate of drug-likeness (QED) is 0.837. The number of nitrogens with one attached hydrogen (secondary N) is 1. The Hall–Kier alpha value is -1.67. The lowest BCUT2D eigenvalue weighted by atomic mass is 10.2. The monoisotopic (exact) mass is 412 g/mol. The van der Waals surface area contributed by atoms with Gasteiger partial charge >= 0.3 is 0 Å². The van der Waals surface area contributed by atoms with Crippen LogP contribution in [0.25, 0.3) is 0 Å². The summed E-state index contributed by atoms with van der Waals surface area (Å²) in [6.07, 6.45) is 0.936. The molecule has 0 spiro atoms. The van der Waals surface area contributed by atoms with Gasteiger partial charge in [-0.25, -0.2) is 4.98 Å². The largest absolute Gasteiger partial charge is 0.336 e. The van der Waals surface area contributed by atoms with E-state index < -0.39 is 5.91 Å². The van der Waals surface area contributed by atoms with E-state index in [1.165, 1.54) is 17.4 Å². The standard InChI is InChI=1S/C17H18Cl2N4O2S/c1-22-5-2-6-23(8-7-22)16(25)14-10-26-17(20-14)21-15(24)12-4-3-11(18)9-13(12)19/h3-4,9-10H,2,5-8H2,1H3,(H,20,21,24). The van der Waals surface area contributed by atoms with E-state index in [1.807, 2.05) is 7.05 Å². The Morgan fingerprint density at radius 2 is 2.00 bits per heavy atom. The van der Waals surface area contributed by atoms with Crippen molar-refractivity contribution in [2.45, 2.75) is 6.42 Å². The highest BCUT2D eigenvalue weighted by Crippen LogP contribution is 2.23. The van der Waals surface area contributed by atoms with Crippen LogP contribution < -0.4 is 5.32 Å². The minimum atomic E-state index is -0.392. The van der Waals surface area contributed by atoms with Crippen LogP contribution in [-0.2, 0) is 0 Å². The van der Waals surface area contributed by atoms with Gasteiger partial charge in [0.15, 0.2) is 5.13 Å². The average Bonchev–Trinajstić information content (AvgIpc) is 2.94. The van der Waals surface area contributed by atoms with Gasteiger partial charge in [0.25, 0.3) is 11.8 Å². The summed E-state index contributed by atoms with van der Waals surface area (Å²) in [6.45, 7) is 3.20. The number of rotatable bonds is 3. The van der Waals surface area contributed by atoms with Crippen molar-refractivity contribution in [1.29, 1.82) is 0 Å². The summed E-state index contributed by atoms with van der Waals surface area (Å²) in [4.78, 5) is 33.2. The number of carbonyl (C=O) groups is 2. The molecule has 26 heavy (non-hydrogen) atoms. The zero-order valence-corrected chi connectivity index (χ0v) is 16.5. The van der Waals surface area contributed by atoms with Crippen LogP contribution in [0.5, 0.6) is 0 Å². The summed E-state index contributed by atoms with van der Waals surface area (Å²) in [5.74, 6) is -0.502. The van der Waals surface area contributed by atoms with Crippen molar-refractivity contribution in [1.82, 2.24) is 14.8 Å². The normalized spacial score (nSPS) is 15.6. The summed E-state index contributed by atoms with van der Waals surface area (Å²) in [5.41, 5.74) is 0.645. The molecule has 0 saturated carbocycles. The fourth-order valence-electron chi connectivity index (χ4n) is 2.68. The van der Waals surface area contributed by atoms with Gasteiger partial charge in [0.2, 0.25) is 0 Å². The number of nitrogens with zero attached hydrogens (tertiary/aromatic N) is 3. The van der Waals surface area contributed by atoms with Crippen LogP contribution >= 0.6 is 34.5 Å². The van der Waals surface area contributed by atoms with E-state index in [0.29, 0.717) is 34.5 Å². The van der Waals surface area contributed by atoms with Crippen LogP contribution in [0.1, 0.15) is 27.3 Å². The van der Waals surface area contributed by atoms with E-state index in [1.54, 1.807) is 22.4 Å². The van der Waals surface area contributed by atoms with Crippen LogP contribution in [0.15, 0.2) is 23.6 Å². The van der Waals surface area contributed by atoms with E-state index >= 15 is 0 Å². The SMILES string of the molecule is CN1CCCN(C(=O)c2csc(NC(=O)c3ccc(Cl)cc3Cl)n2)CC1. The van der Waals surface area contributed by atoms with Crippen molar-refractivity contribution in [3.63, 3.8) is 0 Å². The summed E-state index contributed by atoms with van der Waals surface area (Å²) < 4.78 is 0. The maximum atomic E-state index is 12.6. The first-order valence-electron chi connectivity index (χ1n) is 8.14. The fourth-order valence-corrected chi connectivity index (χ4v) is 3.85. The van der Waals surface area contributed by atoms with Gasteiger partial charge in [0.05, 0.1) is 10.6 Å². The molecule has 0 bridgehead atoms. The summed E-state index contributed by atoms with van der Waals surface area (Å²) in [5, 5.41) is 5.41. The number of likely N-dealkylation sites (N-methyl/N-ethyl adjacent to an activating group) is 1. The summed E-state index contributed by atoms with van der Waals surface area (Å²) >= 11 is 13.1. The molecule has 2 heterocycles. The van der Waals surface area contributed by atoms with Crippen molar-refractivity contribution in [2.24, 2.45) is 0 Å². The summed E-state index contributed by atoms with van der Waals surface area (Å²) in [7, 11) is 2.05. The number of aromatic nitrogens is 1. The molecule has 1 aromatic heterocycles.